The fourth-order valence-electron chi connectivity index (χ4n) is 2.75. The summed E-state index contributed by atoms with van der Waals surface area (Å²) in [4.78, 5) is 11.1. The quantitative estimate of drug-likeness (QED) is 0.768. The number of carbonyl (C=O) groups excluding carboxylic acids is 1. The highest BCUT2D eigenvalue weighted by molar-refractivity contribution is 5.70. The average Bonchev–Trinajstić information content (AvgIpc) is 2.41. The lowest BCUT2D eigenvalue weighted by atomic mass is 9.77. The molecule has 1 aromatic rings. The maximum atomic E-state index is 12.3. The van der Waals surface area contributed by atoms with Gasteiger partial charge in [0, 0.05) is 5.92 Å². The zero-order chi connectivity index (χ0) is 13.0. The largest absolute Gasteiger partial charge is 0.460 e. The van der Waals surface area contributed by atoms with Gasteiger partial charge in [0.15, 0.2) is 6.67 Å². The lowest BCUT2D eigenvalue weighted by Gasteiger charge is -2.34. The van der Waals surface area contributed by atoms with Gasteiger partial charge in [-0.1, -0.05) is 37.3 Å². The zero-order valence-electron chi connectivity index (χ0n) is 10.6. The van der Waals surface area contributed by atoms with Gasteiger partial charge in [-0.2, -0.15) is 0 Å². The Labute approximate surface area is 107 Å². The van der Waals surface area contributed by atoms with Crippen LogP contribution in [0.5, 0.6) is 0 Å². The minimum atomic E-state index is -1.03. The average molecular weight is 250 g/mol. The number of halogens is 1. The van der Waals surface area contributed by atoms with E-state index in [9.17, 15) is 9.18 Å². The van der Waals surface area contributed by atoms with Crippen LogP contribution in [-0.4, -0.2) is 18.7 Å². The highest BCUT2D eigenvalue weighted by Crippen LogP contribution is 2.37. The Morgan fingerprint density at radius 2 is 2.06 bits per heavy atom. The van der Waals surface area contributed by atoms with Crippen LogP contribution in [0.25, 0.3) is 0 Å². The highest BCUT2D eigenvalue weighted by atomic mass is 19.1. The van der Waals surface area contributed by atoms with Crippen molar-refractivity contribution in [2.24, 2.45) is 5.92 Å². The molecule has 0 spiro atoms. The zero-order valence-corrected chi connectivity index (χ0v) is 10.6. The third-order valence-corrected chi connectivity index (χ3v) is 3.67. The lowest BCUT2D eigenvalue weighted by molar-refractivity contribution is -0.153. The molecule has 2 rings (SSSR count). The first-order valence-corrected chi connectivity index (χ1v) is 6.51. The summed E-state index contributed by atoms with van der Waals surface area (Å²) in [5.74, 6) is 0.0801. The van der Waals surface area contributed by atoms with Crippen LogP contribution >= 0.6 is 0 Å². The molecule has 0 saturated heterocycles. The maximum Gasteiger partial charge on any atom is 0.337 e. The van der Waals surface area contributed by atoms with Crippen LogP contribution < -0.4 is 0 Å². The van der Waals surface area contributed by atoms with Gasteiger partial charge in [-0.05, 0) is 30.7 Å². The molecule has 1 saturated carbocycles. The Bertz CT molecular complexity index is 391. The second kappa shape index (κ2) is 5.98. The van der Waals surface area contributed by atoms with E-state index in [1.807, 2.05) is 18.2 Å². The van der Waals surface area contributed by atoms with E-state index in [2.05, 4.69) is 19.1 Å². The molecule has 0 radical (unpaired) electrons. The SMILES string of the molecule is CC1CCC(OC(=O)CF)C(c2ccccc2)C1. The molecule has 0 bridgehead atoms. The van der Waals surface area contributed by atoms with E-state index in [1.165, 1.54) is 5.56 Å². The summed E-state index contributed by atoms with van der Waals surface area (Å²) < 4.78 is 17.5. The van der Waals surface area contributed by atoms with E-state index in [4.69, 9.17) is 4.74 Å². The highest BCUT2D eigenvalue weighted by Gasteiger charge is 2.32. The molecular weight excluding hydrogens is 231 g/mol. The molecule has 3 unspecified atom stereocenters. The Kier molecular flexibility index (Phi) is 4.34. The van der Waals surface area contributed by atoms with Gasteiger partial charge in [0.2, 0.25) is 0 Å². The number of ether oxygens (including phenoxy) is 1. The normalized spacial score (nSPS) is 27.8. The Morgan fingerprint density at radius 3 is 2.72 bits per heavy atom. The summed E-state index contributed by atoms with van der Waals surface area (Å²) in [5.41, 5.74) is 1.18. The van der Waals surface area contributed by atoms with Crippen molar-refractivity contribution in [2.75, 3.05) is 6.67 Å². The predicted octanol–water partition coefficient (Wildman–Crippen LogP) is 3.47. The first-order valence-electron chi connectivity index (χ1n) is 6.51. The molecule has 2 nitrogen and oxygen atoms in total. The molecule has 3 atom stereocenters. The molecule has 1 fully saturated rings. The van der Waals surface area contributed by atoms with Crippen LogP contribution in [0, 0.1) is 5.92 Å². The van der Waals surface area contributed by atoms with Crippen LogP contribution in [0.2, 0.25) is 0 Å². The molecule has 98 valence electrons. The molecule has 18 heavy (non-hydrogen) atoms. The predicted molar refractivity (Wildman–Crippen MR) is 68.1 cm³/mol. The van der Waals surface area contributed by atoms with Gasteiger partial charge in [-0.15, -0.1) is 0 Å². The molecule has 1 aliphatic rings. The third kappa shape index (κ3) is 3.09. The van der Waals surface area contributed by atoms with Crippen molar-refractivity contribution < 1.29 is 13.9 Å². The van der Waals surface area contributed by atoms with Crippen molar-refractivity contribution in [3.63, 3.8) is 0 Å². The Morgan fingerprint density at radius 1 is 1.33 bits per heavy atom. The summed E-state index contributed by atoms with van der Waals surface area (Å²) in [6.45, 7) is 1.18. The van der Waals surface area contributed by atoms with Gasteiger partial charge in [0.1, 0.15) is 6.10 Å². The number of hydrogen-bond donors (Lipinski definition) is 0. The standard InChI is InChI=1S/C15H19FO2/c1-11-7-8-14(18-15(17)10-16)13(9-11)12-5-3-2-4-6-12/h2-6,11,13-14H,7-10H2,1H3. The summed E-state index contributed by atoms with van der Waals surface area (Å²) in [6.07, 6.45) is 2.68. The van der Waals surface area contributed by atoms with Crippen LogP contribution in [0.15, 0.2) is 30.3 Å². The summed E-state index contributed by atoms with van der Waals surface area (Å²) in [6, 6.07) is 10.1. The molecular formula is C15H19FO2. The van der Waals surface area contributed by atoms with Crippen LogP contribution in [0.4, 0.5) is 4.39 Å². The van der Waals surface area contributed by atoms with E-state index in [1.54, 1.807) is 0 Å². The van der Waals surface area contributed by atoms with Crippen molar-refractivity contribution in [2.45, 2.75) is 38.2 Å². The molecule has 3 heteroatoms. The van der Waals surface area contributed by atoms with Crippen molar-refractivity contribution in [3.05, 3.63) is 35.9 Å². The maximum absolute atomic E-state index is 12.3. The number of hydrogen-bond acceptors (Lipinski definition) is 2. The van der Waals surface area contributed by atoms with Crippen molar-refractivity contribution in [1.29, 1.82) is 0 Å². The van der Waals surface area contributed by atoms with E-state index in [-0.39, 0.29) is 12.0 Å². The van der Waals surface area contributed by atoms with Crippen LogP contribution in [-0.2, 0) is 9.53 Å². The molecule has 0 aliphatic heterocycles. The van der Waals surface area contributed by atoms with E-state index >= 15 is 0 Å². The van der Waals surface area contributed by atoms with Crippen LogP contribution in [0.3, 0.4) is 0 Å². The smallest absolute Gasteiger partial charge is 0.337 e. The number of carbonyl (C=O) groups is 1. The van der Waals surface area contributed by atoms with Gasteiger partial charge >= 0.3 is 5.97 Å². The number of alkyl halides is 1. The van der Waals surface area contributed by atoms with Crippen molar-refractivity contribution in [3.8, 4) is 0 Å². The molecule has 0 aromatic heterocycles. The number of rotatable bonds is 3. The number of benzene rings is 1. The first kappa shape index (κ1) is 13.1. The van der Waals surface area contributed by atoms with E-state index in [0.717, 1.165) is 19.3 Å². The second-order valence-corrected chi connectivity index (χ2v) is 5.10. The van der Waals surface area contributed by atoms with Crippen molar-refractivity contribution >= 4 is 5.97 Å². The van der Waals surface area contributed by atoms with Gasteiger partial charge in [-0.3, -0.25) is 0 Å². The first-order chi connectivity index (χ1) is 8.70. The monoisotopic (exact) mass is 250 g/mol. The van der Waals surface area contributed by atoms with Gasteiger partial charge in [0.25, 0.3) is 0 Å². The number of esters is 1. The third-order valence-electron chi connectivity index (χ3n) is 3.67. The summed E-state index contributed by atoms with van der Waals surface area (Å²) >= 11 is 0. The van der Waals surface area contributed by atoms with Gasteiger partial charge in [-0.25, -0.2) is 9.18 Å². The van der Waals surface area contributed by atoms with E-state index in [0.29, 0.717) is 5.92 Å². The van der Waals surface area contributed by atoms with Gasteiger partial charge in [0.05, 0.1) is 0 Å². The molecule has 0 amide bonds. The van der Waals surface area contributed by atoms with E-state index < -0.39 is 12.6 Å². The lowest BCUT2D eigenvalue weighted by Crippen LogP contribution is -2.31. The topological polar surface area (TPSA) is 26.3 Å². The fourth-order valence-corrected chi connectivity index (χ4v) is 2.75. The summed E-state index contributed by atoms with van der Waals surface area (Å²) in [7, 11) is 0. The minimum Gasteiger partial charge on any atom is -0.460 e. The molecule has 1 aromatic carbocycles. The van der Waals surface area contributed by atoms with Gasteiger partial charge < -0.3 is 4.74 Å². The molecule has 0 heterocycles. The summed E-state index contributed by atoms with van der Waals surface area (Å²) in [5, 5.41) is 0. The van der Waals surface area contributed by atoms with Crippen LogP contribution in [0.1, 0.15) is 37.7 Å². The second-order valence-electron chi connectivity index (χ2n) is 5.10. The Hall–Kier alpha value is -1.38. The fraction of sp³-hybridized carbons (Fsp3) is 0.533. The Balaban J connectivity index is 2.13. The minimum absolute atomic E-state index is 0.174. The molecule has 0 N–H and O–H groups in total. The molecule has 1 aliphatic carbocycles. The van der Waals surface area contributed by atoms with Crippen molar-refractivity contribution in [1.82, 2.24) is 0 Å².